The Balaban J connectivity index is 1.80. The predicted molar refractivity (Wildman–Crippen MR) is 100 cm³/mol. The Morgan fingerprint density at radius 3 is 2.26 bits per heavy atom. The molecule has 138 valence electrons. The first-order chi connectivity index (χ1) is 12.9. The molecule has 27 heavy (non-hydrogen) atoms. The molecule has 0 atom stereocenters. The zero-order valence-electron chi connectivity index (χ0n) is 14.6. The Kier molecular flexibility index (Phi) is 4.36. The molecule has 0 aliphatic carbocycles. The maximum Gasteiger partial charge on any atom is 0.231 e. The third-order valence-corrected chi connectivity index (χ3v) is 5.66. The summed E-state index contributed by atoms with van der Waals surface area (Å²) >= 11 is 0. The molecule has 0 unspecified atom stereocenters. The highest BCUT2D eigenvalue weighted by atomic mass is 32.2. The van der Waals surface area contributed by atoms with Crippen molar-refractivity contribution >= 4 is 9.84 Å². The van der Waals surface area contributed by atoms with E-state index in [9.17, 15) is 12.8 Å². The number of rotatable bonds is 4. The summed E-state index contributed by atoms with van der Waals surface area (Å²) in [6.07, 6.45) is 1.55. The van der Waals surface area contributed by atoms with Crippen molar-refractivity contribution < 1.29 is 22.3 Å². The molecule has 1 aliphatic rings. The minimum absolute atomic E-state index is 0.144. The summed E-state index contributed by atoms with van der Waals surface area (Å²) < 4.78 is 48.5. The maximum atomic E-state index is 14.1. The van der Waals surface area contributed by atoms with Crippen LogP contribution in [0.4, 0.5) is 4.39 Å². The summed E-state index contributed by atoms with van der Waals surface area (Å²) in [6, 6.07) is 17.0. The van der Waals surface area contributed by atoms with E-state index in [0.29, 0.717) is 23.5 Å². The molecule has 0 bridgehead atoms. The molecule has 0 spiro atoms. The minimum atomic E-state index is -3.27. The highest BCUT2D eigenvalue weighted by Gasteiger charge is 2.19. The molecule has 4 nitrogen and oxygen atoms in total. The number of fused-ring (bicyclic) bond motifs is 1. The molecule has 0 radical (unpaired) electrons. The van der Waals surface area contributed by atoms with Gasteiger partial charge in [-0.2, -0.15) is 0 Å². The van der Waals surface area contributed by atoms with Gasteiger partial charge in [-0.1, -0.05) is 30.3 Å². The van der Waals surface area contributed by atoms with Crippen LogP contribution in [0.3, 0.4) is 0 Å². The van der Waals surface area contributed by atoms with E-state index in [1.165, 1.54) is 12.3 Å². The highest BCUT2D eigenvalue weighted by Crippen LogP contribution is 2.40. The lowest BCUT2D eigenvalue weighted by Gasteiger charge is -2.13. The minimum Gasteiger partial charge on any atom is -0.454 e. The van der Waals surface area contributed by atoms with Gasteiger partial charge in [-0.15, -0.1) is 0 Å². The second-order valence-corrected chi connectivity index (χ2v) is 8.44. The van der Waals surface area contributed by atoms with Gasteiger partial charge in [0.1, 0.15) is 5.82 Å². The molecule has 0 saturated carbocycles. The number of halogens is 1. The van der Waals surface area contributed by atoms with Gasteiger partial charge >= 0.3 is 0 Å². The second-order valence-electron chi connectivity index (χ2n) is 6.43. The van der Waals surface area contributed by atoms with E-state index in [1.807, 2.05) is 12.1 Å². The first kappa shape index (κ1) is 17.5. The van der Waals surface area contributed by atoms with Gasteiger partial charge < -0.3 is 9.47 Å². The molecule has 3 aromatic rings. The van der Waals surface area contributed by atoms with Crippen LogP contribution in [0.25, 0.3) is 11.1 Å². The third kappa shape index (κ3) is 3.53. The molecular formula is C21H17FO4S. The van der Waals surface area contributed by atoms with E-state index >= 15 is 0 Å². The second kappa shape index (κ2) is 6.70. The molecule has 1 aliphatic heterocycles. The van der Waals surface area contributed by atoms with E-state index in [-0.39, 0.29) is 17.5 Å². The SMILES string of the molecule is CS(=O)(=O)c1ccc(-c2cc3c(cc2Cc2ccccc2F)OCO3)cc1. The quantitative estimate of drug-likeness (QED) is 0.676. The fourth-order valence-electron chi connectivity index (χ4n) is 3.13. The summed E-state index contributed by atoms with van der Waals surface area (Å²) in [5, 5.41) is 0. The van der Waals surface area contributed by atoms with E-state index in [1.54, 1.807) is 42.5 Å². The first-order valence-electron chi connectivity index (χ1n) is 8.38. The van der Waals surface area contributed by atoms with Crippen LogP contribution in [0.5, 0.6) is 11.5 Å². The molecule has 0 fully saturated rings. The van der Waals surface area contributed by atoms with Gasteiger partial charge in [0.2, 0.25) is 6.79 Å². The van der Waals surface area contributed by atoms with Crippen LogP contribution in [0.2, 0.25) is 0 Å². The maximum absolute atomic E-state index is 14.1. The number of hydrogen-bond donors (Lipinski definition) is 0. The zero-order valence-corrected chi connectivity index (χ0v) is 15.4. The number of ether oxygens (including phenoxy) is 2. The molecule has 0 amide bonds. The Bertz CT molecular complexity index is 1110. The number of hydrogen-bond acceptors (Lipinski definition) is 4. The van der Waals surface area contributed by atoms with Crippen LogP contribution >= 0.6 is 0 Å². The monoisotopic (exact) mass is 384 g/mol. The largest absolute Gasteiger partial charge is 0.454 e. The summed E-state index contributed by atoms with van der Waals surface area (Å²) in [6.45, 7) is 0.144. The molecule has 3 aromatic carbocycles. The van der Waals surface area contributed by atoms with Gasteiger partial charge in [-0.25, -0.2) is 12.8 Å². The van der Waals surface area contributed by atoms with Crippen LogP contribution in [0, 0.1) is 5.82 Å². The predicted octanol–water partition coefficient (Wildman–Crippen LogP) is 4.22. The van der Waals surface area contributed by atoms with Gasteiger partial charge in [0.15, 0.2) is 21.3 Å². The average molecular weight is 384 g/mol. The van der Waals surface area contributed by atoms with E-state index in [2.05, 4.69) is 0 Å². The van der Waals surface area contributed by atoms with Crippen molar-refractivity contribution in [3.8, 4) is 22.6 Å². The van der Waals surface area contributed by atoms with Crippen molar-refractivity contribution in [1.29, 1.82) is 0 Å². The standard InChI is InChI=1S/C21H17FO4S/c1-27(23,24)17-8-6-14(7-9-17)18-12-21-20(25-13-26-21)11-16(18)10-15-4-2-3-5-19(15)22/h2-9,11-12H,10,13H2,1H3. The molecule has 4 rings (SSSR count). The number of sulfone groups is 1. The van der Waals surface area contributed by atoms with Crippen LogP contribution in [0.15, 0.2) is 65.6 Å². The number of benzene rings is 3. The van der Waals surface area contributed by atoms with Crippen molar-refractivity contribution in [2.75, 3.05) is 13.0 Å². The van der Waals surface area contributed by atoms with Crippen LogP contribution < -0.4 is 9.47 Å². The first-order valence-corrected chi connectivity index (χ1v) is 10.3. The van der Waals surface area contributed by atoms with Gasteiger partial charge in [-0.05, 0) is 52.6 Å². The van der Waals surface area contributed by atoms with Gasteiger partial charge in [0.25, 0.3) is 0 Å². The van der Waals surface area contributed by atoms with Crippen molar-refractivity contribution in [2.24, 2.45) is 0 Å². The van der Waals surface area contributed by atoms with Gasteiger partial charge in [-0.3, -0.25) is 0 Å². The van der Waals surface area contributed by atoms with Crippen molar-refractivity contribution in [2.45, 2.75) is 11.3 Å². The highest BCUT2D eigenvalue weighted by molar-refractivity contribution is 7.90. The Morgan fingerprint density at radius 1 is 0.926 bits per heavy atom. The van der Waals surface area contributed by atoms with Gasteiger partial charge in [0.05, 0.1) is 4.90 Å². The Hall–Kier alpha value is -2.86. The van der Waals surface area contributed by atoms with Crippen LogP contribution in [-0.2, 0) is 16.3 Å². The lowest BCUT2D eigenvalue weighted by Crippen LogP contribution is -1.98. The molecule has 0 saturated heterocycles. The van der Waals surface area contributed by atoms with Crippen molar-refractivity contribution in [1.82, 2.24) is 0 Å². The zero-order chi connectivity index (χ0) is 19.0. The lowest BCUT2D eigenvalue weighted by molar-refractivity contribution is 0.174. The summed E-state index contributed by atoms with van der Waals surface area (Å²) in [7, 11) is -3.27. The summed E-state index contributed by atoms with van der Waals surface area (Å²) in [5.41, 5.74) is 3.12. The van der Waals surface area contributed by atoms with Crippen LogP contribution in [0.1, 0.15) is 11.1 Å². The van der Waals surface area contributed by atoms with E-state index in [0.717, 1.165) is 16.7 Å². The topological polar surface area (TPSA) is 52.6 Å². The fourth-order valence-corrected chi connectivity index (χ4v) is 3.76. The summed E-state index contributed by atoms with van der Waals surface area (Å²) in [4.78, 5) is 0.252. The fraction of sp³-hybridized carbons (Fsp3) is 0.143. The normalized spacial score (nSPS) is 13.0. The molecule has 1 heterocycles. The summed E-state index contributed by atoms with van der Waals surface area (Å²) in [5.74, 6) is 0.973. The van der Waals surface area contributed by atoms with Crippen molar-refractivity contribution in [3.05, 3.63) is 77.6 Å². The molecule has 6 heteroatoms. The average Bonchev–Trinajstić information content (AvgIpc) is 3.10. The Morgan fingerprint density at radius 2 is 1.59 bits per heavy atom. The van der Waals surface area contributed by atoms with E-state index < -0.39 is 9.84 Å². The lowest BCUT2D eigenvalue weighted by atomic mass is 9.94. The third-order valence-electron chi connectivity index (χ3n) is 4.53. The molecule has 0 aromatic heterocycles. The molecular weight excluding hydrogens is 367 g/mol. The van der Waals surface area contributed by atoms with Gasteiger partial charge in [0, 0.05) is 12.7 Å². The van der Waals surface area contributed by atoms with E-state index in [4.69, 9.17) is 9.47 Å². The van der Waals surface area contributed by atoms with Crippen molar-refractivity contribution in [3.63, 3.8) is 0 Å². The molecule has 0 N–H and O–H groups in total. The Labute approximate surface area is 157 Å². The van der Waals surface area contributed by atoms with Crippen LogP contribution in [-0.4, -0.2) is 21.5 Å². The smallest absolute Gasteiger partial charge is 0.231 e.